The Morgan fingerprint density at radius 2 is 1.81 bits per heavy atom. The van der Waals surface area contributed by atoms with Crippen molar-refractivity contribution >= 4 is 10.9 Å². The van der Waals surface area contributed by atoms with Gasteiger partial charge in [0.2, 0.25) is 6.79 Å². The number of fused-ring (bicyclic) bond motifs is 2. The van der Waals surface area contributed by atoms with Crippen LogP contribution in [0.15, 0.2) is 47.3 Å². The molecule has 1 saturated carbocycles. The molecule has 0 amide bonds. The summed E-state index contributed by atoms with van der Waals surface area (Å²) in [4.78, 5) is 18.4. The highest BCUT2D eigenvalue weighted by Gasteiger charge is 2.25. The molecule has 4 aromatic rings. The number of nitrogens with zero attached hydrogens (tertiary/aromatic N) is 5. The number of benzene rings is 2. The van der Waals surface area contributed by atoms with Crippen LogP contribution in [-0.2, 0) is 19.6 Å². The largest absolute Gasteiger partial charge is 0.454 e. The molecule has 2 aliphatic rings. The van der Waals surface area contributed by atoms with Gasteiger partial charge in [-0.3, -0.25) is 9.69 Å². The molecule has 1 aliphatic carbocycles. The lowest BCUT2D eigenvalue weighted by molar-refractivity contribution is 0.134. The maximum absolute atomic E-state index is 13.3. The van der Waals surface area contributed by atoms with E-state index in [9.17, 15) is 9.18 Å². The molecular weight excluding hydrogens is 463 g/mol. The number of H-pyrrole nitrogens is 1. The van der Waals surface area contributed by atoms with Gasteiger partial charge in [0.1, 0.15) is 5.82 Å². The Morgan fingerprint density at radius 3 is 2.61 bits per heavy atom. The van der Waals surface area contributed by atoms with Gasteiger partial charge >= 0.3 is 0 Å². The summed E-state index contributed by atoms with van der Waals surface area (Å²) in [5.41, 5.74) is 2.21. The summed E-state index contributed by atoms with van der Waals surface area (Å²) < 4.78 is 26.0. The molecule has 2 aromatic heterocycles. The van der Waals surface area contributed by atoms with Crippen LogP contribution in [0, 0.1) is 5.82 Å². The third kappa shape index (κ3) is 4.68. The maximum atomic E-state index is 13.3. The summed E-state index contributed by atoms with van der Waals surface area (Å²) in [5, 5.41) is 13.3. The van der Waals surface area contributed by atoms with Gasteiger partial charge in [-0.05, 0) is 53.1 Å². The Kier molecular flexibility index (Phi) is 6.10. The molecule has 0 unspecified atom stereocenters. The van der Waals surface area contributed by atoms with E-state index >= 15 is 0 Å². The van der Waals surface area contributed by atoms with Crippen molar-refractivity contribution < 1.29 is 13.9 Å². The Morgan fingerprint density at radius 1 is 1.03 bits per heavy atom. The van der Waals surface area contributed by atoms with Crippen LogP contribution in [-0.4, -0.2) is 42.9 Å². The van der Waals surface area contributed by atoms with Gasteiger partial charge < -0.3 is 14.5 Å². The number of aromatic nitrogens is 5. The number of nitrogens with one attached hydrogen (secondary N) is 1. The Balaban J connectivity index is 1.28. The summed E-state index contributed by atoms with van der Waals surface area (Å²) >= 11 is 0. The normalized spacial score (nSPS) is 15.7. The monoisotopic (exact) mass is 490 g/mol. The molecular formula is C26H27FN6O3. The van der Waals surface area contributed by atoms with Gasteiger partial charge in [-0.25, -0.2) is 9.07 Å². The molecule has 2 aromatic carbocycles. The zero-order chi connectivity index (χ0) is 24.5. The van der Waals surface area contributed by atoms with Crippen molar-refractivity contribution in [1.82, 2.24) is 30.1 Å². The van der Waals surface area contributed by atoms with Crippen LogP contribution in [0.2, 0.25) is 0 Å². The average molecular weight is 491 g/mol. The SMILES string of the molecule is O=c1[nH]c2cc3c(cc2cc1CN(Cc1nnnn1Cc1ccc(F)cc1)C1CCCCC1)OCO3. The van der Waals surface area contributed by atoms with Crippen LogP contribution in [0.4, 0.5) is 4.39 Å². The Labute approximate surface area is 206 Å². The number of hydrogen-bond donors (Lipinski definition) is 1. The van der Waals surface area contributed by atoms with Crippen LogP contribution in [0.5, 0.6) is 11.5 Å². The van der Waals surface area contributed by atoms with Crippen LogP contribution in [0.3, 0.4) is 0 Å². The zero-order valence-corrected chi connectivity index (χ0v) is 19.8. The second-order valence-electron chi connectivity index (χ2n) is 9.49. The number of tetrazole rings is 1. The van der Waals surface area contributed by atoms with E-state index in [1.165, 1.54) is 31.4 Å². The van der Waals surface area contributed by atoms with Gasteiger partial charge in [-0.15, -0.1) is 5.10 Å². The first-order chi connectivity index (χ1) is 17.6. The van der Waals surface area contributed by atoms with Crippen molar-refractivity contribution in [2.45, 2.75) is 57.8 Å². The summed E-state index contributed by atoms with van der Waals surface area (Å²) in [7, 11) is 0. The third-order valence-corrected chi connectivity index (χ3v) is 7.08. The van der Waals surface area contributed by atoms with Crippen molar-refractivity contribution in [2.75, 3.05) is 6.79 Å². The van der Waals surface area contributed by atoms with E-state index in [-0.39, 0.29) is 18.2 Å². The molecule has 0 atom stereocenters. The number of pyridine rings is 1. The fourth-order valence-corrected chi connectivity index (χ4v) is 5.14. The predicted octanol–water partition coefficient (Wildman–Crippen LogP) is 3.77. The average Bonchev–Trinajstić information content (AvgIpc) is 3.53. The molecule has 36 heavy (non-hydrogen) atoms. The quantitative estimate of drug-likeness (QED) is 0.421. The van der Waals surface area contributed by atoms with Gasteiger partial charge in [-0.1, -0.05) is 31.4 Å². The first kappa shape index (κ1) is 22.7. The Bertz CT molecular complexity index is 1430. The van der Waals surface area contributed by atoms with Crippen LogP contribution in [0.1, 0.15) is 49.1 Å². The molecule has 186 valence electrons. The summed E-state index contributed by atoms with van der Waals surface area (Å²) in [6.45, 7) is 1.63. The number of ether oxygens (including phenoxy) is 2. The van der Waals surface area contributed by atoms with Gasteiger partial charge in [0.05, 0.1) is 18.6 Å². The lowest BCUT2D eigenvalue weighted by atomic mass is 9.93. The minimum absolute atomic E-state index is 0.118. The molecule has 3 heterocycles. The van der Waals surface area contributed by atoms with Crippen molar-refractivity contribution in [3.8, 4) is 11.5 Å². The highest BCUT2D eigenvalue weighted by molar-refractivity contribution is 5.83. The van der Waals surface area contributed by atoms with E-state index in [4.69, 9.17) is 9.47 Å². The smallest absolute Gasteiger partial charge is 0.252 e. The summed E-state index contributed by atoms with van der Waals surface area (Å²) in [6.07, 6.45) is 5.71. The summed E-state index contributed by atoms with van der Waals surface area (Å²) in [5.74, 6) is 1.77. The molecule has 0 bridgehead atoms. The van der Waals surface area contributed by atoms with Crippen molar-refractivity contribution in [3.63, 3.8) is 0 Å². The van der Waals surface area contributed by atoms with Crippen LogP contribution < -0.4 is 15.0 Å². The van der Waals surface area contributed by atoms with Gasteiger partial charge in [0.15, 0.2) is 17.3 Å². The number of rotatable bonds is 7. The van der Waals surface area contributed by atoms with Crippen LogP contribution >= 0.6 is 0 Å². The van der Waals surface area contributed by atoms with Crippen molar-refractivity contribution in [3.05, 3.63) is 75.6 Å². The maximum Gasteiger partial charge on any atom is 0.252 e. The van der Waals surface area contributed by atoms with E-state index in [0.29, 0.717) is 48.6 Å². The lowest BCUT2D eigenvalue weighted by Gasteiger charge is -2.33. The standard InChI is InChI=1S/C26H27FN6O3/c27-20-8-6-17(7-9-20)13-33-25(29-30-31-33)15-32(21-4-2-1-3-5-21)14-19-10-18-11-23-24(36-16-35-23)12-22(18)28-26(19)34/h6-12,21H,1-5,13-16H2,(H,28,34). The first-order valence-electron chi connectivity index (χ1n) is 12.3. The van der Waals surface area contributed by atoms with Gasteiger partial charge in [0.25, 0.3) is 5.56 Å². The molecule has 0 spiro atoms. The number of halogens is 1. The highest BCUT2D eigenvalue weighted by Crippen LogP contribution is 2.35. The second kappa shape index (κ2) is 9.69. The lowest BCUT2D eigenvalue weighted by Crippen LogP contribution is -2.38. The summed E-state index contributed by atoms with van der Waals surface area (Å²) in [6, 6.07) is 12.3. The van der Waals surface area contributed by atoms with Gasteiger partial charge in [0, 0.05) is 29.6 Å². The van der Waals surface area contributed by atoms with Crippen molar-refractivity contribution in [2.24, 2.45) is 0 Å². The molecule has 1 N–H and O–H groups in total. The highest BCUT2D eigenvalue weighted by atomic mass is 19.1. The Hall–Kier alpha value is -3.79. The van der Waals surface area contributed by atoms with E-state index < -0.39 is 0 Å². The minimum Gasteiger partial charge on any atom is -0.454 e. The molecule has 9 nitrogen and oxygen atoms in total. The molecule has 0 saturated heterocycles. The van der Waals surface area contributed by atoms with E-state index in [1.54, 1.807) is 16.8 Å². The van der Waals surface area contributed by atoms with Crippen molar-refractivity contribution in [1.29, 1.82) is 0 Å². The second-order valence-corrected chi connectivity index (χ2v) is 9.49. The van der Waals surface area contributed by atoms with E-state index in [0.717, 1.165) is 29.3 Å². The molecule has 10 heteroatoms. The molecule has 0 radical (unpaired) electrons. The van der Waals surface area contributed by atoms with E-state index in [2.05, 4.69) is 25.4 Å². The fraction of sp³-hybridized carbons (Fsp3) is 0.385. The topological polar surface area (TPSA) is 98.2 Å². The zero-order valence-electron chi connectivity index (χ0n) is 19.8. The molecule has 1 fully saturated rings. The molecule has 6 rings (SSSR count). The number of hydrogen-bond acceptors (Lipinski definition) is 7. The first-order valence-corrected chi connectivity index (χ1v) is 12.3. The third-order valence-electron chi connectivity index (χ3n) is 7.08. The molecule has 1 aliphatic heterocycles. The number of aromatic amines is 1. The van der Waals surface area contributed by atoms with Crippen LogP contribution in [0.25, 0.3) is 10.9 Å². The minimum atomic E-state index is -0.274. The van der Waals surface area contributed by atoms with Gasteiger partial charge in [-0.2, -0.15) is 0 Å². The predicted molar refractivity (Wildman–Crippen MR) is 130 cm³/mol. The fourth-order valence-electron chi connectivity index (χ4n) is 5.14. The van der Waals surface area contributed by atoms with E-state index in [1.807, 2.05) is 18.2 Å².